The maximum Gasteiger partial charge on any atom is 0.311 e. The van der Waals surface area contributed by atoms with Crippen LogP contribution in [-0.2, 0) is 0 Å². The first-order valence-electron chi connectivity index (χ1n) is 3.97. The van der Waals surface area contributed by atoms with E-state index in [1.807, 2.05) is 13.8 Å². The number of pyridine rings is 1. The fourth-order valence-electron chi connectivity index (χ4n) is 0.929. The molecule has 0 saturated carbocycles. The monoisotopic (exact) mass is 197 g/mol. The Balaban J connectivity index is 0.00000169. The van der Waals surface area contributed by atoms with Crippen molar-refractivity contribution in [2.75, 3.05) is 5.32 Å². The molecule has 0 saturated heterocycles. The van der Waals surface area contributed by atoms with Crippen LogP contribution in [0.25, 0.3) is 0 Å². The van der Waals surface area contributed by atoms with Crippen molar-refractivity contribution in [2.24, 2.45) is 0 Å². The van der Waals surface area contributed by atoms with Gasteiger partial charge in [-0.05, 0) is 19.9 Å². The molecule has 1 rings (SSSR count). The highest BCUT2D eigenvalue weighted by molar-refractivity contribution is 5.55. The Morgan fingerprint density at radius 2 is 2.21 bits per heavy atom. The molecular formula is C9H15N3O2. The van der Waals surface area contributed by atoms with Crippen LogP contribution >= 0.6 is 0 Å². The molecule has 1 aromatic rings. The minimum atomic E-state index is -0.447. The second-order valence-corrected chi connectivity index (χ2v) is 2.93. The molecule has 78 valence electrons. The first kappa shape index (κ1) is 12.3. The molecule has 0 aliphatic rings. The standard InChI is InChI=1S/C8H11N3O2.CH4/c1-6(2)10-8-7(11(12)13)4-3-5-9-8;/h3-6H,1-2H3,(H,9,10);1H4. The van der Waals surface area contributed by atoms with Gasteiger partial charge in [-0.2, -0.15) is 0 Å². The Hall–Kier alpha value is -1.65. The molecule has 0 fully saturated rings. The molecule has 0 radical (unpaired) electrons. The summed E-state index contributed by atoms with van der Waals surface area (Å²) in [6.07, 6.45) is 1.53. The topological polar surface area (TPSA) is 68.1 Å². The summed E-state index contributed by atoms with van der Waals surface area (Å²) >= 11 is 0. The van der Waals surface area contributed by atoms with Crippen LogP contribution in [-0.4, -0.2) is 15.9 Å². The molecular weight excluding hydrogens is 182 g/mol. The van der Waals surface area contributed by atoms with Crippen LogP contribution < -0.4 is 5.32 Å². The number of aromatic nitrogens is 1. The molecule has 1 heterocycles. The molecule has 5 nitrogen and oxygen atoms in total. The lowest BCUT2D eigenvalue weighted by Crippen LogP contribution is -2.12. The van der Waals surface area contributed by atoms with Gasteiger partial charge in [0.1, 0.15) is 0 Å². The average molecular weight is 197 g/mol. The van der Waals surface area contributed by atoms with E-state index < -0.39 is 4.92 Å². The molecule has 0 unspecified atom stereocenters. The largest absolute Gasteiger partial charge is 0.362 e. The summed E-state index contributed by atoms with van der Waals surface area (Å²) in [6.45, 7) is 3.80. The van der Waals surface area contributed by atoms with Crippen LogP contribution in [0, 0.1) is 10.1 Å². The van der Waals surface area contributed by atoms with Gasteiger partial charge in [0.05, 0.1) is 4.92 Å². The van der Waals surface area contributed by atoms with Gasteiger partial charge in [-0.3, -0.25) is 10.1 Å². The van der Waals surface area contributed by atoms with E-state index in [2.05, 4.69) is 10.3 Å². The van der Waals surface area contributed by atoms with Gasteiger partial charge in [0.15, 0.2) is 0 Å². The predicted octanol–water partition coefficient (Wildman–Crippen LogP) is 2.45. The molecule has 0 aliphatic carbocycles. The third-order valence-corrected chi connectivity index (χ3v) is 1.41. The van der Waals surface area contributed by atoms with E-state index in [0.29, 0.717) is 5.82 Å². The minimum absolute atomic E-state index is 0. The molecule has 5 heteroatoms. The lowest BCUT2D eigenvalue weighted by Gasteiger charge is -2.07. The Bertz CT molecular complexity index is 313. The van der Waals surface area contributed by atoms with E-state index in [1.165, 1.54) is 12.3 Å². The van der Waals surface area contributed by atoms with Crippen molar-refractivity contribution in [3.8, 4) is 0 Å². The van der Waals surface area contributed by atoms with Crippen molar-refractivity contribution < 1.29 is 4.92 Å². The lowest BCUT2D eigenvalue weighted by atomic mass is 10.3. The quantitative estimate of drug-likeness (QED) is 0.597. The Morgan fingerprint density at radius 3 is 2.71 bits per heavy atom. The highest BCUT2D eigenvalue weighted by atomic mass is 16.6. The molecule has 0 spiro atoms. The predicted molar refractivity (Wildman–Crippen MR) is 56.4 cm³/mol. The second-order valence-electron chi connectivity index (χ2n) is 2.93. The number of nitrogens with zero attached hydrogens (tertiary/aromatic N) is 2. The smallest absolute Gasteiger partial charge is 0.311 e. The highest BCUT2D eigenvalue weighted by Gasteiger charge is 2.13. The van der Waals surface area contributed by atoms with Gasteiger partial charge in [0, 0.05) is 18.3 Å². The van der Waals surface area contributed by atoms with Crippen molar-refractivity contribution in [1.82, 2.24) is 4.98 Å². The Morgan fingerprint density at radius 1 is 1.57 bits per heavy atom. The number of rotatable bonds is 3. The minimum Gasteiger partial charge on any atom is -0.362 e. The normalized spacial score (nSPS) is 9.36. The molecule has 0 atom stereocenters. The first-order chi connectivity index (χ1) is 6.11. The molecule has 0 bridgehead atoms. The molecule has 0 amide bonds. The van der Waals surface area contributed by atoms with Gasteiger partial charge >= 0.3 is 5.69 Å². The number of nitrogens with one attached hydrogen (secondary N) is 1. The molecule has 1 aromatic heterocycles. The van der Waals surface area contributed by atoms with Gasteiger partial charge in [0.2, 0.25) is 5.82 Å². The van der Waals surface area contributed by atoms with E-state index in [0.717, 1.165) is 0 Å². The van der Waals surface area contributed by atoms with E-state index >= 15 is 0 Å². The molecule has 1 N–H and O–H groups in total. The maximum absolute atomic E-state index is 10.5. The van der Waals surface area contributed by atoms with Crippen LogP contribution in [0.2, 0.25) is 0 Å². The Labute approximate surface area is 83.3 Å². The third kappa shape index (κ3) is 3.01. The first-order valence-corrected chi connectivity index (χ1v) is 3.97. The van der Waals surface area contributed by atoms with E-state index in [9.17, 15) is 10.1 Å². The van der Waals surface area contributed by atoms with E-state index in [4.69, 9.17) is 0 Å². The van der Waals surface area contributed by atoms with Gasteiger partial charge in [-0.1, -0.05) is 7.43 Å². The summed E-state index contributed by atoms with van der Waals surface area (Å²) in [5.74, 6) is 0.322. The van der Waals surface area contributed by atoms with Crippen molar-refractivity contribution >= 4 is 11.5 Å². The van der Waals surface area contributed by atoms with Crippen molar-refractivity contribution in [3.05, 3.63) is 28.4 Å². The zero-order valence-electron chi connectivity index (χ0n) is 7.52. The number of hydrogen-bond donors (Lipinski definition) is 1. The van der Waals surface area contributed by atoms with E-state index in [1.54, 1.807) is 6.07 Å². The fourth-order valence-corrected chi connectivity index (χ4v) is 0.929. The van der Waals surface area contributed by atoms with Crippen LogP contribution in [0.1, 0.15) is 21.3 Å². The van der Waals surface area contributed by atoms with Crippen molar-refractivity contribution in [1.29, 1.82) is 0 Å². The zero-order valence-corrected chi connectivity index (χ0v) is 7.52. The van der Waals surface area contributed by atoms with Crippen molar-refractivity contribution in [3.63, 3.8) is 0 Å². The van der Waals surface area contributed by atoms with Crippen molar-refractivity contribution in [2.45, 2.75) is 27.3 Å². The fraction of sp³-hybridized carbons (Fsp3) is 0.444. The van der Waals surface area contributed by atoms with Crippen LogP contribution in [0.4, 0.5) is 11.5 Å². The Kier molecular flexibility index (Phi) is 4.55. The molecule has 0 aliphatic heterocycles. The van der Waals surface area contributed by atoms with E-state index in [-0.39, 0.29) is 19.2 Å². The van der Waals surface area contributed by atoms with Crippen LogP contribution in [0.3, 0.4) is 0 Å². The third-order valence-electron chi connectivity index (χ3n) is 1.41. The number of nitro groups is 1. The summed E-state index contributed by atoms with van der Waals surface area (Å²) in [6, 6.07) is 3.11. The zero-order chi connectivity index (χ0) is 9.84. The second kappa shape index (κ2) is 5.16. The summed E-state index contributed by atoms with van der Waals surface area (Å²) in [7, 11) is 0. The summed E-state index contributed by atoms with van der Waals surface area (Å²) in [4.78, 5) is 14.0. The maximum atomic E-state index is 10.5. The van der Waals surface area contributed by atoms with Gasteiger partial charge in [-0.15, -0.1) is 0 Å². The lowest BCUT2D eigenvalue weighted by molar-refractivity contribution is -0.384. The summed E-state index contributed by atoms with van der Waals surface area (Å²) < 4.78 is 0. The van der Waals surface area contributed by atoms with Gasteiger partial charge in [0.25, 0.3) is 0 Å². The SMILES string of the molecule is C.CC(C)Nc1ncccc1[N+](=O)[O-]. The summed E-state index contributed by atoms with van der Waals surface area (Å²) in [5.41, 5.74) is 0.0104. The molecule has 0 aromatic carbocycles. The number of hydrogen-bond acceptors (Lipinski definition) is 4. The van der Waals surface area contributed by atoms with Gasteiger partial charge < -0.3 is 5.32 Å². The molecule has 14 heavy (non-hydrogen) atoms. The highest BCUT2D eigenvalue weighted by Crippen LogP contribution is 2.20. The van der Waals surface area contributed by atoms with Gasteiger partial charge in [-0.25, -0.2) is 4.98 Å². The average Bonchev–Trinajstić information content (AvgIpc) is 2.03. The van der Waals surface area contributed by atoms with Crippen LogP contribution in [0.5, 0.6) is 0 Å². The van der Waals surface area contributed by atoms with Crippen LogP contribution in [0.15, 0.2) is 18.3 Å². The summed E-state index contributed by atoms with van der Waals surface area (Å²) in [5, 5.41) is 13.4. The number of anilines is 1.